The zero-order chi connectivity index (χ0) is 11.7. The Bertz CT molecular complexity index is 359. The van der Waals surface area contributed by atoms with Gasteiger partial charge in [-0.05, 0) is 56.0 Å². The summed E-state index contributed by atoms with van der Waals surface area (Å²) in [6, 6.07) is 11.3. The van der Waals surface area contributed by atoms with Gasteiger partial charge in [0.25, 0.3) is 0 Å². The van der Waals surface area contributed by atoms with Gasteiger partial charge in [-0.1, -0.05) is 36.8 Å². The smallest absolute Gasteiger partial charge is 0.0291 e. The van der Waals surface area contributed by atoms with E-state index in [0.717, 1.165) is 17.8 Å². The van der Waals surface area contributed by atoms with Crippen molar-refractivity contribution >= 4 is 0 Å². The number of fused-ring (bicyclic) bond motifs is 2. The van der Waals surface area contributed by atoms with Crippen LogP contribution in [0.4, 0.5) is 0 Å². The van der Waals surface area contributed by atoms with Crippen LogP contribution in [0.1, 0.15) is 44.2 Å². The molecule has 3 rings (SSSR count). The van der Waals surface area contributed by atoms with E-state index < -0.39 is 0 Å². The molecule has 0 amide bonds. The molecule has 0 radical (unpaired) electrons. The maximum atomic E-state index is 3.73. The fourth-order valence-electron chi connectivity index (χ4n) is 3.81. The predicted molar refractivity (Wildman–Crippen MR) is 71.8 cm³/mol. The minimum Gasteiger partial charge on any atom is -0.310 e. The van der Waals surface area contributed by atoms with Gasteiger partial charge >= 0.3 is 0 Å². The number of nitrogens with one attached hydrogen (secondary N) is 1. The zero-order valence-electron chi connectivity index (χ0n) is 10.7. The lowest BCUT2D eigenvalue weighted by atomic mass is 9.88. The second kappa shape index (κ2) is 4.81. The first kappa shape index (κ1) is 11.3. The SMILES string of the molecule is C[C@@H](NCC1CC2CCC1C2)c1ccccc1. The van der Waals surface area contributed by atoms with Gasteiger partial charge in [0.1, 0.15) is 0 Å². The molecule has 0 spiro atoms. The van der Waals surface area contributed by atoms with Crippen LogP contribution >= 0.6 is 0 Å². The molecule has 2 saturated carbocycles. The summed E-state index contributed by atoms with van der Waals surface area (Å²) in [7, 11) is 0. The lowest BCUT2D eigenvalue weighted by Crippen LogP contribution is -2.28. The van der Waals surface area contributed by atoms with Crippen molar-refractivity contribution < 1.29 is 0 Å². The summed E-state index contributed by atoms with van der Waals surface area (Å²) in [5.41, 5.74) is 1.41. The molecule has 0 aromatic heterocycles. The van der Waals surface area contributed by atoms with Gasteiger partial charge in [-0.25, -0.2) is 0 Å². The van der Waals surface area contributed by atoms with Gasteiger partial charge < -0.3 is 5.32 Å². The molecule has 0 aliphatic heterocycles. The maximum Gasteiger partial charge on any atom is 0.0291 e. The van der Waals surface area contributed by atoms with Crippen LogP contribution in [0.5, 0.6) is 0 Å². The van der Waals surface area contributed by atoms with E-state index >= 15 is 0 Å². The van der Waals surface area contributed by atoms with Crippen LogP contribution < -0.4 is 5.32 Å². The molecule has 1 heteroatoms. The van der Waals surface area contributed by atoms with Gasteiger partial charge in [0.15, 0.2) is 0 Å². The molecular weight excluding hydrogens is 206 g/mol. The van der Waals surface area contributed by atoms with Crippen molar-refractivity contribution in [1.29, 1.82) is 0 Å². The van der Waals surface area contributed by atoms with Crippen molar-refractivity contribution in [3.8, 4) is 0 Å². The highest BCUT2D eigenvalue weighted by atomic mass is 14.9. The van der Waals surface area contributed by atoms with Crippen LogP contribution in [0, 0.1) is 17.8 Å². The molecule has 0 saturated heterocycles. The molecule has 3 unspecified atom stereocenters. The quantitative estimate of drug-likeness (QED) is 0.828. The van der Waals surface area contributed by atoms with E-state index in [2.05, 4.69) is 42.6 Å². The molecule has 2 aliphatic rings. The molecule has 0 heterocycles. The normalized spacial score (nSPS) is 32.9. The van der Waals surface area contributed by atoms with Crippen molar-refractivity contribution in [3.63, 3.8) is 0 Å². The highest BCUT2D eigenvalue weighted by Crippen LogP contribution is 2.48. The minimum absolute atomic E-state index is 0.496. The van der Waals surface area contributed by atoms with Gasteiger partial charge in [0.2, 0.25) is 0 Å². The van der Waals surface area contributed by atoms with E-state index in [9.17, 15) is 0 Å². The Morgan fingerprint density at radius 1 is 1.18 bits per heavy atom. The van der Waals surface area contributed by atoms with E-state index in [4.69, 9.17) is 0 Å². The zero-order valence-corrected chi connectivity index (χ0v) is 10.7. The Labute approximate surface area is 105 Å². The highest BCUT2D eigenvalue weighted by molar-refractivity contribution is 5.18. The van der Waals surface area contributed by atoms with Crippen molar-refractivity contribution in [3.05, 3.63) is 35.9 Å². The average Bonchev–Trinajstić information content (AvgIpc) is 2.99. The second-order valence-corrected chi connectivity index (χ2v) is 5.98. The van der Waals surface area contributed by atoms with Gasteiger partial charge in [0, 0.05) is 6.04 Å². The summed E-state index contributed by atoms with van der Waals surface area (Å²) in [5, 5.41) is 3.73. The van der Waals surface area contributed by atoms with Crippen LogP contribution in [0.3, 0.4) is 0 Å². The molecule has 92 valence electrons. The number of hydrogen-bond donors (Lipinski definition) is 1. The fraction of sp³-hybridized carbons (Fsp3) is 0.625. The molecule has 2 fully saturated rings. The molecule has 2 bridgehead atoms. The van der Waals surface area contributed by atoms with Crippen LogP contribution in [0.25, 0.3) is 0 Å². The Hall–Kier alpha value is -0.820. The third kappa shape index (κ3) is 2.40. The Balaban J connectivity index is 1.51. The average molecular weight is 229 g/mol. The third-order valence-electron chi connectivity index (χ3n) is 4.87. The van der Waals surface area contributed by atoms with E-state index in [-0.39, 0.29) is 0 Å². The van der Waals surface area contributed by atoms with Crippen molar-refractivity contribution in [2.75, 3.05) is 6.54 Å². The second-order valence-electron chi connectivity index (χ2n) is 5.98. The largest absolute Gasteiger partial charge is 0.310 e. The summed E-state index contributed by atoms with van der Waals surface area (Å²) in [5.74, 6) is 3.06. The number of rotatable bonds is 4. The molecule has 1 nitrogen and oxygen atoms in total. The number of hydrogen-bond acceptors (Lipinski definition) is 1. The summed E-state index contributed by atoms with van der Waals surface area (Å²) < 4.78 is 0. The fourth-order valence-corrected chi connectivity index (χ4v) is 3.81. The van der Waals surface area contributed by atoms with Crippen molar-refractivity contribution in [1.82, 2.24) is 5.32 Å². The molecule has 17 heavy (non-hydrogen) atoms. The van der Waals surface area contributed by atoms with E-state index in [0.29, 0.717) is 6.04 Å². The first-order chi connectivity index (χ1) is 8.33. The van der Waals surface area contributed by atoms with E-state index in [1.807, 2.05) is 0 Å². The first-order valence-electron chi connectivity index (χ1n) is 7.11. The minimum atomic E-state index is 0.496. The third-order valence-corrected chi connectivity index (χ3v) is 4.87. The molecule has 1 aromatic rings. The molecule has 1 aromatic carbocycles. The molecule has 4 atom stereocenters. The maximum absolute atomic E-state index is 3.73. The van der Waals surface area contributed by atoms with Crippen LogP contribution in [0.2, 0.25) is 0 Å². The topological polar surface area (TPSA) is 12.0 Å². The molecule has 1 N–H and O–H groups in total. The first-order valence-corrected chi connectivity index (χ1v) is 7.11. The monoisotopic (exact) mass is 229 g/mol. The van der Waals surface area contributed by atoms with Crippen LogP contribution in [-0.2, 0) is 0 Å². The highest BCUT2D eigenvalue weighted by Gasteiger charge is 2.39. The van der Waals surface area contributed by atoms with Crippen molar-refractivity contribution in [2.45, 2.75) is 38.6 Å². The van der Waals surface area contributed by atoms with Gasteiger partial charge in [-0.2, -0.15) is 0 Å². The summed E-state index contributed by atoms with van der Waals surface area (Å²) in [6.07, 6.45) is 6.01. The van der Waals surface area contributed by atoms with Crippen LogP contribution in [0.15, 0.2) is 30.3 Å². The Morgan fingerprint density at radius 2 is 2.00 bits per heavy atom. The standard InChI is InChI=1S/C16H23N/c1-12(14-5-3-2-4-6-14)17-11-16-10-13-7-8-15(16)9-13/h2-6,12-13,15-17H,7-11H2,1H3/t12-,13?,15?,16?/m1/s1. The summed E-state index contributed by atoms with van der Waals surface area (Å²) >= 11 is 0. The van der Waals surface area contributed by atoms with Gasteiger partial charge in [0.05, 0.1) is 0 Å². The van der Waals surface area contributed by atoms with E-state index in [1.54, 1.807) is 0 Å². The Kier molecular flexibility index (Phi) is 3.19. The van der Waals surface area contributed by atoms with Crippen LogP contribution in [-0.4, -0.2) is 6.54 Å². The lowest BCUT2D eigenvalue weighted by molar-refractivity contribution is 0.309. The van der Waals surface area contributed by atoms with Crippen molar-refractivity contribution in [2.24, 2.45) is 17.8 Å². The summed E-state index contributed by atoms with van der Waals surface area (Å²) in [4.78, 5) is 0. The van der Waals surface area contributed by atoms with Gasteiger partial charge in [-0.15, -0.1) is 0 Å². The predicted octanol–water partition coefficient (Wildman–Crippen LogP) is 3.77. The number of benzene rings is 1. The Morgan fingerprint density at radius 3 is 2.65 bits per heavy atom. The van der Waals surface area contributed by atoms with Gasteiger partial charge in [-0.3, -0.25) is 0 Å². The molecular formula is C16H23N. The summed E-state index contributed by atoms with van der Waals surface area (Å²) in [6.45, 7) is 3.50. The molecule has 2 aliphatic carbocycles. The van der Waals surface area contributed by atoms with E-state index in [1.165, 1.54) is 37.8 Å². The lowest BCUT2D eigenvalue weighted by Gasteiger charge is -2.24.